The Morgan fingerprint density at radius 2 is 1.80 bits per heavy atom. The number of imide groups is 1. The Kier molecular flexibility index (Phi) is 9.50. The molecule has 2 N–H and O–H groups in total. The van der Waals surface area contributed by atoms with Crippen LogP contribution < -0.4 is 20.1 Å². The molecule has 0 saturated carbocycles. The Balaban J connectivity index is 1.52. The first kappa shape index (κ1) is 29.9. The molecule has 0 unspecified atom stereocenters. The number of anilines is 1. The van der Waals surface area contributed by atoms with Gasteiger partial charge in [0.05, 0.1) is 24.7 Å². The van der Waals surface area contributed by atoms with Crippen LogP contribution in [0.15, 0.2) is 61.5 Å². The molecule has 0 radical (unpaired) electrons. The number of carbonyl (C=O) groups excluding carboxylic acids is 4. The number of halogens is 2. The van der Waals surface area contributed by atoms with Gasteiger partial charge in [0.15, 0.2) is 18.1 Å². The van der Waals surface area contributed by atoms with E-state index in [1.54, 1.807) is 25.1 Å². The van der Waals surface area contributed by atoms with Gasteiger partial charge in [-0.25, -0.2) is 9.59 Å². The summed E-state index contributed by atoms with van der Waals surface area (Å²) in [4.78, 5) is 50.7. The number of nitrogens with zero attached hydrogens (tertiary/aromatic N) is 1. The second kappa shape index (κ2) is 13.0. The lowest BCUT2D eigenvalue weighted by Gasteiger charge is -2.16. The van der Waals surface area contributed by atoms with E-state index in [2.05, 4.69) is 47.2 Å². The topological polar surface area (TPSA) is 136 Å². The van der Waals surface area contributed by atoms with Crippen molar-refractivity contribution in [1.82, 2.24) is 10.2 Å². The zero-order valence-electron chi connectivity index (χ0n) is 22.2. The van der Waals surface area contributed by atoms with Crippen molar-refractivity contribution in [3.8, 4) is 11.5 Å². The minimum atomic E-state index is -0.672. The van der Waals surface area contributed by atoms with E-state index in [1.165, 1.54) is 25.3 Å². The number of nitrogens with one attached hydrogen (secondary N) is 2. The first-order chi connectivity index (χ1) is 19.6. The quantitative estimate of drug-likeness (QED) is 0.164. The minimum Gasteiger partial charge on any atom is -0.490 e. The number of hydrogen-bond acceptors (Lipinski definition) is 8. The number of aryl methyl sites for hydroxylation is 1. The SMILES string of the molecule is CCOc1cc(/C=C2\NC(=O)N(Cc3ccc(C(=O)OC)o3)C2=O)c(Br)c(Br)c1OCC(=O)Nc1ccc(C)cc1. The molecule has 214 valence electrons. The van der Waals surface area contributed by atoms with Gasteiger partial charge in [-0.15, -0.1) is 0 Å². The summed E-state index contributed by atoms with van der Waals surface area (Å²) in [6, 6.07) is 11.2. The van der Waals surface area contributed by atoms with Gasteiger partial charge >= 0.3 is 12.0 Å². The van der Waals surface area contributed by atoms with Crippen LogP contribution in [0.3, 0.4) is 0 Å². The van der Waals surface area contributed by atoms with E-state index in [9.17, 15) is 19.2 Å². The maximum absolute atomic E-state index is 13.1. The normalized spacial score (nSPS) is 13.8. The van der Waals surface area contributed by atoms with Gasteiger partial charge in [-0.1, -0.05) is 17.7 Å². The standard InChI is InChI=1S/C28H25Br2N3O8/c1-4-39-21-12-16(23(29)24(30)25(21)40-14-22(34)31-17-7-5-15(2)6-8-17)11-19-26(35)33(28(37)32-19)13-18-9-10-20(41-18)27(36)38-3/h5-12H,4,13-14H2,1-3H3,(H,31,34)(H,32,37)/b19-11-. The fraction of sp³-hybridized carbons (Fsp3) is 0.214. The summed E-state index contributed by atoms with van der Waals surface area (Å²) in [6.07, 6.45) is 1.48. The van der Waals surface area contributed by atoms with Crippen LogP contribution in [0.1, 0.15) is 34.4 Å². The summed E-state index contributed by atoms with van der Waals surface area (Å²) in [5, 5.41) is 5.32. The number of urea groups is 1. The van der Waals surface area contributed by atoms with Gasteiger partial charge < -0.3 is 29.3 Å². The van der Waals surface area contributed by atoms with E-state index < -0.39 is 17.9 Å². The lowest BCUT2D eigenvalue weighted by atomic mass is 10.1. The molecule has 0 aliphatic carbocycles. The highest BCUT2D eigenvalue weighted by Crippen LogP contribution is 2.43. The van der Waals surface area contributed by atoms with E-state index in [-0.39, 0.29) is 42.0 Å². The number of hydrogen-bond donors (Lipinski definition) is 2. The van der Waals surface area contributed by atoms with Crippen LogP contribution in [0.2, 0.25) is 0 Å². The largest absolute Gasteiger partial charge is 0.490 e. The zero-order valence-corrected chi connectivity index (χ0v) is 25.4. The van der Waals surface area contributed by atoms with Gasteiger partial charge in [0, 0.05) is 10.2 Å². The van der Waals surface area contributed by atoms with Crippen molar-refractivity contribution in [2.24, 2.45) is 0 Å². The van der Waals surface area contributed by atoms with Crippen LogP contribution in [-0.4, -0.2) is 49.0 Å². The highest BCUT2D eigenvalue weighted by molar-refractivity contribution is 9.13. The molecular formula is C28H25Br2N3O8. The fourth-order valence-electron chi connectivity index (χ4n) is 3.78. The minimum absolute atomic E-state index is 0.0101. The summed E-state index contributed by atoms with van der Waals surface area (Å²) >= 11 is 6.98. The molecule has 1 aliphatic rings. The Morgan fingerprint density at radius 1 is 1.07 bits per heavy atom. The molecule has 1 aliphatic heterocycles. The number of carbonyl (C=O) groups is 4. The van der Waals surface area contributed by atoms with Crippen LogP contribution in [0, 0.1) is 6.92 Å². The molecule has 0 spiro atoms. The summed E-state index contributed by atoms with van der Waals surface area (Å²) < 4.78 is 22.5. The van der Waals surface area contributed by atoms with Crippen molar-refractivity contribution >= 4 is 67.4 Å². The molecule has 1 saturated heterocycles. The Morgan fingerprint density at radius 3 is 2.49 bits per heavy atom. The molecule has 1 fully saturated rings. The van der Waals surface area contributed by atoms with Crippen molar-refractivity contribution < 1.29 is 37.8 Å². The molecule has 1 aromatic heterocycles. The van der Waals surface area contributed by atoms with Gasteiger partial charge in [-0.3, -0.25) is 14.5 Å². The molecule has 3 aromatic rings. The average molecular weight is 691 g/mol. The van der Waals surface area contributed by atoms with Crippen LogP contribution >= 0.6 is 31.9 Å². The van der Waals surface area contributed by atoms with Crippen LogP contribution in [0.4, 0.5) is 10.5 Å². The Hall–Kier alpha value is -4.10. The first-order valence-corrected chi connectivity index (χ1v) is 13.9. The number of esters is 1. The number of benzene rings is 2. The van der Waals surface area contributed by atoms with Crippen molar-refractivity contribution in [2.45, 2.75) is 20.4 Å². The third kappa shape index (κ3) is 6.98. The number of methoxy groups -OCH3 is 1. The second-order valence-electron chi connectivity index (χ2n) is 8.69. The lowest BCUT2D eigenvalue weighted by Crippen LogP contribution is -2.30. The number of amides is 4. The summed E-state index contributed by atoms with van der Waals surface area (Å²) in [5.41, 5.74) is 2.22. The van der Waals surface area contributed by atoms with Gasteiger partial charge in [-0.05, 0) is 87.7 Å². The molecule has 0 bridgehead atoms. The Bertz CT molecular complexity index is 1530. The maximum atomic E-state index is 13.1. The highest BCUT2D eigenvalue weighted by Gasteiger charge is 2.35. The van der Waals surface area contributed by atoms with Gasteiger partial charge in [0.2, 0.25) is 5.76 Å². The fourth-order valence-corrected chi connectivity index (χ4v) is 4.73. The molecule has 0 atom stereocenters. The summed E-state index contributed by atoms with van der Waals surface area (Å²) in [6.45, 7) is 3.57. The van der Waals surface area contributed by atoms with Crippen molar-refractivity contribution in [3.05, 3.63) is 79.8 Å². The monoisotopic (exact) mass is 689 g/mol. The molecule has 2 aromatic carbocycles. The van der Waals surface area contributed by atoms with Crippen LogP contribution in [-0.2, 0) is 20.9 Å². The van der Waals surface area contributed by atoms with Gasteiger partial charge in [0.1, 0.15) is 11.5 Å². The highest BCUT2D eigenvalue weighted by atomic mass is 79.9. The third-order valence-electron chi connectivity index (χ3n) is 5.76. The summed E-state index contributed by atoms with van der Waals surface area (Å²) in [7, 11) is 1.22. The van der Waals surface area contributed by atoms with Crippen LogP contribution in [0.5, 0.6) is 11.5 Å². The molecule has 13 heteroatoms. The maximum Gasteiger partial charge on any atom is 0.373 e. The molecule has 2 heterocycles. The molecule has 4 amide bonds. The third-order valence-corrected chi connectivity index (χ3v) is 7.91. The number of ether oxygens (including phenoxy) is 3. The van der Waals surface area contributed by atoms with Gasteiger partial charge in [-0.2, -0.15) is 0 Å². The second-order valence-corrected chi connectivity index (χ2v) is 10.3. The van der Waals surface area contributed by atoms with Crippen molar-refractivity contribution in [3.63, 3.8) is 0 Å². The van der Waals surface area contributed by atoms with E-state index in [0.29, 0.717) is 32.6 Å². The molecule has 4 rings (SSSR count). The molecule has 11 nitrogen and oxygen atoms in total. The average Bonchev–Trinajstić information content (AvgIpc) is 3.52. The van der Waals surface area contributed by atoms with E-state index >= 15 is 0 Å². The number of furan rings is 1. The number of rotatable bonds is 10. The van der Waals surface area contributed by atoms with Crippen molar-refractivity contribution in [1.29, 1.82) is 0 Å². The van der Waals surface area contributed by atoms with E-state index in [0.717, 1.165) is 10.5 Å². The van der Waals surface area contributed by atoms with E-state index in [4.69, 9.17) is 13.9 Å². The predicted molar refractivity (Wildman–Crippen MR) is 155 cm³/mol. The smallest absolute Gasteiger partial charge is 0.373 e. The van der Waals surface area contributed by atoms with E-state index in [1.807, 2.05) is 19.1 Å². The predicted octanol–water partition coefficient (Wildman–Crippen LogP) is 5.41. The zero-order chi connectivity index (χ0) is 29.7. The molecule has 41 heavy (non-hydrogen) atoms. The van der Waals surface area contributed by atoms with Crippen LogP contribution in [0.25, 0.3) is 6.08 Å². The Labute approximate surface area is 252 Å². The summed E-state index contributed by atoms with van der Waals surface area (Å²) in [5.74, 6) is -0.850. The van der Waals surface area contributed by atoms with Gasteiger partial charge in [0.25, 0.3) is 11.8 Å². The first-order valence-electron chi connectivity index (χ1n) is 12.3. The molecular weight excluding hydrogens is 666 g/mol. The lowest BCUT2D eigenvalue weighted by molar-refractivity contribution is -0.123. The van der Waals surface area contributed by atoms with Crippen molar-refractivity contribution in [2.75, 3.05) is 25.6 Å².